The van der Waals surface area contributed by atoms with E-state index in [9.17, 15) is 9.70 Å². The van der Waals surface area contributed by atoms with Gasteiger partial charge in [0.15, 0.2) is 0 Å². The van der Waals surface area contributed by atoms with Gasteiger partial charge in [-0.2, -0.15) is 0 Å². The quantitative estimate of drug-likeness (QED) is 0.232. The molecule has 1 heterocycles. The van der Waals surface area contributed by atoms with Gasteiger partial charge in [-0.05, 0) is 71.6 Å². The molecule has 0 bridgehead atoms. The first-order valence-electron chi connectivity index (χ1n) is 9.88. The molecule has 6 heteroatoms. The van der Waals surface area contributed by atoms with Gasteiger partial charge in [-0.15, -0.1) is 4.91 Å². The Morgan fingerprint density at radius 3 is 2.55 bits per heavy atom. The van der Waals surface area contributed by atoms with Crippen LogP contribution in [0, 0.1) is 11.8 Å². The van der Waals surface area contributed by atoms with Crippen LogP contribution in [0.1, 0.15) is 22.6 Å². The van der Waals surface area contributed by atoms with Crippen molar-refractivity contribution in [1.29, 1.82) is 0 Å². The lowest BCUT2D eigenvalue weighted by Crippen LogP contribution is -2.16. The molecule has 5 nitrogen and oxygen atoms in total. The molecule has 0 fully saturated rings. The maximum atomic E-state index is 12.9. The van der Waals surface area contributed by atoms with Crippen LogP contribution in [0.15, 0.2) is 82.6 Å². The van der Waals surface area contributed by atoms with E-state index in [0.29, 0.717) is 12.1 Å². The lowest BCUT2D eigenvalue weighted by Gasteiger charge is -2.14. The number of ether oxygens (including phenoxy) is 1. The van der Waals surface area contributed by atoms with E-state index < -0.39 is 5.92 Å². The smallest absolute Gasteiger partial charge is 0.313 e. The third kappa shape index (κ3) is 4.16. The van der Waals surface area contributed by atoms with E-state index in [4.69, 9.17) is 4.74 Å². The molecule has 0 amide bonds. The Balaban J connectivity index is 1.91. The van der Waals surface area contributed by atoms with E-state index in [2.05, 4.69) is 25.7 Å². The minimum absolute atomic E-state index is 0.278. The molecule has 4 rings (SSSR count). The van der Waals surface area contributed by atoms with E-state index in [-0.39, 0.29) is 5.97 Å². The van der Waals surface area contributed by atoms with Gasteiger partial charge in [-0.3, -0.25) is 4.79 Å². The molecule has 1 atom stereocenters. The van der Waals surface area contributed by atoms with Crippen LogP contribution in [0.4, 0.5) is 5.69 Å². The summed E-state index contributed by atoms with van der Waals surface area (Å²) in [5.74, 6) is -0.734. The van der Waals surface area contributed by atoms with Gasteiger partial charge in [-0.1, -0.05) is 46.3 Å². The molecule has 0 aliphatic carbocycles. The maximum Gasteiger partial charge on any atom is 0.313 e. The Labute approximate surface area is 188 Å². The van der Waals surface area contributed by atoms with Crippen LogP contribution in [-0.2, 0) is 16.0 Å². The van der Waals surface area contributed by atoms with Crippen molar-refractivity contribution in [2.24, 2.45) is 5.18 Å². The molecule has 0 N–H and O–H groups in total. The zero-order valence-electron chi connectivity index (χ0n) is 17.2. The number of hydrogen-bond acceptors (Lipinski definition) is 4. The van der Waals surface area contributed by atoms with Gasteiger partial charge in [-0.25, -0.2) is 0 Å². The number of aromatic nitrogens is 1. The molecule has 0 saturated carbocycles. The molecule has 0 saturated heterocycles. The summed E-state index contributed by atoms with van der Waals surface area (Å²) in [6.07, 6.45) is 2.53. The minimum atomic E-state index is -0.457. The molecule has 156 valence electrons. The van der Waals surface area contributed by atoms with Crippen LogP contribution < -0.4 is 0 Å². The van der Waals surface area contributed by atoms with Gasteiger partial charge < -0.3 is 9.30 Å². The topological polar surface area (TPSA) is 60.7 Å². The number of halogens is 1. The standard InChI is InChI=1S/C25H21BrN2O3/c1-16-12-19(27-30)9-11-23(16)28-15-22(20-14-18(26)8-10-24(20)28)21(25(29)31-2)13-17-6-4-3-5-7-17/h3-12,14-15,21H,13H2,1-2H3. The monoisotopic (exact) mass is 476 g/mol. The maximum absolute atomic E-state index is 12.9. The average Bonchev–Trinajstić information content (AvgIpc) is 3.15. The highest BCUT2D eigenvalue weighted by Gasteiger charge is 2.26. The molecular weight excluding hydrogens is 456 g/mol. The van der Waals surface area contributed by atoms with Crippen LogP contribution in [-0.4, -0.2) is 17.6 Å². The van der Waals surface area contributed by atoms with Crippen LogP contribution in [0.25, 0.3) is 16.6 Å². The minimum Gasteiger partial charge on any atom is -0.469 e. The molecule has 1 unspecified atom stereocenters. The summed E-state index contributed by atoms with van der Waals surface area (Å²) in [5, 5.41) is 4.00. The second kappa shape index (κ2) is 8.86. The van der Waals surface area contributed by atoms with E-state index in [1.165, 1.54) is 7.11 Å². The largest absolute Gasteiger partial charge is 0.469 e. The summed E-state index contributed by atoms with van der Waals surface area (Å²) in [6, 6.07) is 21.3. The number of nitrogens with zero attached hydrogens (tertiary/aromatic N) is 2. The van der Waals surface area contributed by atoms with Crippen LogP contribution in [0.5, 0.6) is 0 Å². The van der Waals surface area contributed by atoms with Crippen molar-refractivity contribution in [3.63, 3.8) is 0 Å². The van der Waals surface area contributed by atoms with E-state index in [1.807, 2.05) is 67.7 Å². The molecule has 4 aromatic rings. The van der Waals surface area contributed by atoms with Gasteiger partial charge in [0.05, 0.1) is 18.5 Å². The first-order chi connectivity index (χ1) is 15.0. The summed E-state index contributed by atoms with van der Waals surface area (Å²) in [5.41, 5.74) is 5.15. The number of methoxy groups -OCH3 is 1. The molecule has 31 heavy (non-hydrogen) atoms. The number of carbonyl (C=O) groups excluding carboxylic acids is 1. The van der Waals surface area contributed by atoms with Gasteiger partial charge in [0.1, 0.15) is 5.69 Å². The number of aryl methyl sites for hydroxylation is 1. The van der Waals surface area contributed by atoms with E-state index >= 15 is 0 Å². The summed E-state index contributed by atoms with van der Waals surface area (Å²) in [6.45, 7) is 1.94. The lowest BCUT2D eigenvalue weighted by atomic mass is 9.92. The number of nitroso groups, excluding NO2 is 1. The second-order valence-corrected chi connectivity index (χ2v) is 8.36. The molecule has 3 aromatic carbocycles. The van der Waals surface area contributed by atoms with Crippen molar-refractivity contribution in [1.82, 2.24) is 4.57 Å². The van der Waals surface area contributed by atoms with Gasteiger partial charge in [0, 0.05) is 21.7 Å². The van der Waals surface area contributed by atoms with Crippen molar-refractivity contribution in [3.8, 4) is 5.69 Å². The van der Waals surface area contributed by atoms with Crippen molar-refractivity contribution in [2.75, 3.05) is 7.11 Å². The SMILES string of the molecule is COC(=O)C(Cc1ccccc1)c1cn(-c2ccc(N=O)cc2C)c2ccc(Br)cc12. The van der Waals surface area contributed by atoms with Crippen molar-refractivity contribution in [3.05, 3.63) is 99.0 Å². The average molecular weight is 477 g/mol. The Hall–Kier alpha value is -3.25. The van der Waals surface area contributed by atoms with Gasteiger partial charge >= 0.3 is 5.97 Å². The number of hydrogen-bond donors (Lipinski definition) is 0. The zero-order chi connectivity index (χ0) is 22.0. The first-order valence-corrected chi connectivity index (χ1v) is 10.7. The fraction of sp³-hybridized carbons (Fsp3) is 0.160. The molecule has 1 aromatic heterocycles. The normalized spacial score (nSPS) is 12.0. The number of fused-ring (bicyclic) bond motifs is 1. The molecule has 0 aliphatic heterocycles. The van der Waals surface area contributed by atoms with E-state index in [0.717, 1.165) is 37.8 Å². The van der Waals surface area contributed by atoms with Crippen molar-refractivity contribution in [2.45, 2.75) is 19.3 Å². The Kier molecular flexibility index (Phi) is 6.00. The number of benzene rings is 3. The second-order valence-electron chi connectivity index (χ2n) is 7.44. The first kappa shape index (κ1) is 21.0. The molecule has 0 spiro atoms. The van der Waals surface area contributed by atoms with E-state index in [1.54, 1.807) is 12.1 Å². The van der Waals surface area contributed by atoms with Gasteiger partial charge in [0.25, 0.3) is 0 Å². The Bertz CT molecular complexity index is 1260. The summed E-state index contributed by atoms with van der Waals surface area (Å²) in [4.78, 5) is 23.8. The highest BCUT2D eigenvalue weighted by Crippen LogP contribution is 2.35. The number of carbonyl (C=O) groups is 1. The fourth-order valence-corrected chi connectivity index (χ4v) is 4.34. The molecule has 0 aliphatic rings. The molecular formula is C25H21BrN2O3. The van der Waals surface area contributed by atoms with Crippen molar-refractivity contribution >= 4 is 38.5 Å². The van der Waals surface area contributed by atoms with Crippen LogP contribution >= 0.6 is 15.9 Å². The van der Waals surface area contributed by atoms with Crippen LogP contribution in [0.3, 0.4) is 0 Å². The van der Waals surface area contributed by atoms with Crippen LogP contribution in [0.2, 0.25) is 0 Å². The lowest BCUT2D eigenvalue weighted by molar-refractivity contribution is -0.142. The number of rotatable bonds is 6. The molecule has 0 radical (unpaired) electrons. The third-order valence-corrected chi connectivity index (χ3v) is 5.98. The fourth-order valence-electron chi connectivity index (χ4n) is 3.98. The van der Waals surface area contributed by atoms with Crippen molar-refractivity contribution < 1.29 is 9.53 Å². The summed E-state index contributed by atoms with van der Waals surface area (Å²) >= 11 is 3.56. The Morgan fingerprint density at radius 1 is 1.10 bits per heavy atom. The summed E-state index contributed by atoms with van der Waals surface area (Å²) in [7, 11) is 1.42. The highest BCUT2D eigenvalue weighted by atomic mass is 79.9. The van der Waals surface area contributed by atoms with Gasteiger partial charge in [0.2, 0.25) is 0 Å². The predicted molar refractivity (Wildman–Crippen MR) is 126 cm³/mol. The zero-order valence-corrected chi connectivity index (χ0v) is 18.8. The highest BCUT2D eigenvalue weighted by molar-refractivity contribution is 9.10. The number of esters is 1. The summed E-state index contributed by atoms with van der Waals surface area (Å²) < 4.78 is 8.17. The predicted octanol–water partition coefficient (Wildman–Crippen LogP) is 6.60. The Morgan fingerprint density at radius 2 is 1.87 bits per heavy atom. The third-order valence-electron chi connectivity index (χ3n) is 5.49.